The summed E-state index contributed by atoms with van der Waals surface area (Å²) in [6.07, 6.45) is 0.761. The molecule has 2 atom stereocenters. The van der Waals surface area contributed by atoms with Crippen LogP contribution in [0, 0.1) is 5.92 Å². The van der Waals surface area contributed by atoms with Gasteiger partial charge in [-0.3, -0.25) is 9.69 Å². The SMILES string of the molecule is C[C@@H]1C[C@H]2C(=O)N(CCO[Si](c3ccccc3)(c3ccccc3)C(C)(C)C)C(=O)N2C1. The van der Waals surface area contributed by atoms with Crippen molar-refractivity contribution < 1.29 is 14.0 Å². The Balaban J connectivity index is 1.61. The predicted octanol–water partition coefficient (Wildman–Crippen LogP) is 3.24. The molecule has 2 heterocycles. The molecule has 0 bridgehead atoms. The maximum absolute atomic E-state index is 12.9. The quantitative estimate of drug-likeness (QED) is 0.516. The number of hydrogen-bond acceptors (Lipinski definition) is 3. The van der Waals surface area contributed by atoms with Crippen LogP contribution in [-0.4, -0.2) is 55.8 Å². The van der Waals surface area contributed by atoms with Crippen molar-refractivity contribution in [2.24, 2.45) is 5.92 Å². The molecule has 2 aromatic carbocycles. The Morgan fingerprint density at radius 1 is 0.968 bits per heavy atom. The molecule has 5 nitrogen and oxygen atoms in total. The van der Waals surface area contributed by atoms with E-state index in [1.54, 1.807) is 4.90 Å². The van der Waals surface area contributed by atoms with E-state index in [1.165, 1.54) is 15.3 Å². The highest BCUT2D eigenvalue weighted by molar-refractivity contribution is 6.99. The average Bonchev–Trinajstić information content (AvgIpc) is 3.23. The van der Waals surface area contributed by atoms with Gasteiger partial charge in [-0.1, -0.05) is 88.4 Å². The van der Waals surface area contributed by atoms with Crippen LogP contribution in [0.5, 0.6) is 0 Å². The van der Waals surface area contributed by atoms with Gasteiger partial charge < -0.3 is 9.33 Å². The summed E-state index contributed by atoms with van der Waals surface area (Å²) in [4.78, 5) is 28.8. The number of rotatable bonds is 6. The summed E-state index contributed by atoms with van der Waals surface area (Å²) >= 11 is 0. The molecule has 2 aromatic rings. The lowest BCUT2D eigenvalue weighted by atomic mass is 10.1. The second-order valence-corrected chi connectivity index (χ2v) is 14.1. The largest absolute Gasteiger partial charge is 0.406 e. The van der Waals surface area contributed by atoms with Gasteiger partial charge in [0, 0.05) is 6.54 Å². The first-order chi connectivity index (χ1) is 14.8. The van der Waals surface area contributed by atoms with Crippen LogP contribution in [0.15, 0.2) is 60.7 Å². The first kappa shape index (κ1) is 21.8. The van der Waals surface area contributed by atoms with Crippen LogP contribution in [0.4, 0.5) is 4.79 Å². The molecule has 2 saturated heterocycles. The van der Waals surface area contributed by atoms with Gasteiger partial charge in [0.15, 0.2) is 0 Å². The minimum Gasteiger partial charge on any atom is -0.406 e. The molecule has 31 heavy (non-hydrogen) atoms. The molecule has 6 heteroatoms. The highest BCUT2D eigenvalue weighted by Gasteiger charge is 2.52. The molecular formula is C25H32N2O3Si. The van der Waals surface area contributed by atoms with Crippen LogP contribution in [0.1, 0.15) is 34.1 Å². The number of fused-ring (bicyclic) bond motifs is 1. The van der Waals surface area contributed by atoms with E-state index in [0.717, 1.165) is 6.42 Å². The number of nitrogens with zero attached hydrogens (tertiary/aromatic N) is 2. The van der Waals surface area contributed by atoms with Crippen LogP contribution in [0.2, 0.25) is 5.04 Å². The number of amides is 3. The molecule has 0 N–H and O–H groups in total. The predicted molar refractivity (Wildman–Crippen MR) is 125 cm³/mol. The van der Waals surface area contributed by atoms with Crippen molar-refractivity contribution in [2.45, 2.75) is 45.2 Å². The third-order valence-electron chi connectivity index (χ3n) is 6.59. The summed E-state index contributed by atoms with van der Waals surface area (Å²) in [7, 11) is -2.67. The third-order valence-corrected chi connectivity index (χ3v) is 11.6. The zero-order chi connectivity index (χ0) is 22.2. The maximum atomic E-state index is 12.9. The van der Waals surface area contributed by atoms with E-state index in [-0.39, 0.29) is 23.0 Å². The Labute approximate surface area is 186 Å². The Hall–Kier alpha value is -2.44. The molecule has 3 amide bonds. The molecule has 0 unspecified atom stereocenters. The van der Waals surface area contributed by atoms with Gasteiger partial charge in [-0.05, 0) is 27.8 Å². The fourth-order valence-electron chi connectivity index (χ4n) is 5.18. The van der Waals surface area contributed by atoms with Crippen molar-refractivity contribution in [1.82, 2.24) is 9.80 Å². The molecule has 2 aliphatic rings. The second-order valence-electron chi connectivity index (χ2n) is 9.79. The van der Waals surface area contributed by atoms with Gasteiger partial charge in [0.2, 0.25) is 0 Å². The molecule has 0 aliphatic carbocycles. The van der Waals surface area contributed by atoms with Crippen LogP contribution in [-0.2, 0) is 9.22 Å². The molecule has 0 aromatic heterocycles. The highest BCUT2D eigenvalue weighted by atomic mass is 28.4. The van der Waals surface area contributed by atoms with Gasteiger partial charge in [-0.25, -0.2) is 4.79 Å². The standard InChI is InChI=1S/C25H32N2O3Si/c1-19-17-22-23(28)26(24(29)27(22)18-19)15-16-30-31(25(2,3)4,20-11-7-5-8-12-20)21-13-9-6-10-14-21/h5-14,19,22H,15-18H2,1-4H3/t19-,22+/m1/s1. The van der Waals surface area contributed by atoms with E-state index in [0.29, 0.717) is 25.6 Å². The summed E-state index contributed by atoms with van der Waals surface area (Å²) in [5, 5.41) is 2.26. The third kappa shape index (κ3) is 3.72. The Kier molecular flexibility index (Phi) is 5.79. The van der Waals surface area contributed by atoms with Crippen LogP contribution >= 0.6 is 0 Å². The van der Waals surface area contributed by atoms with Crippen LogP contribution in [0.3, 0.4) is 0 Å². The number of carbonyl (C=O) groups is 2. The number of urea groups is 1. The monoisotopic (exact) mass is 436 g/mol. The molecular weight excluding hydrogens is 404 g/mol. The Morgan fingerprint density at radius 2 is 1.52 bits per heavy atom. The van der Waals surface area contributed by atoms with E-state index in [4.69, 9.17) is 4.43 Å². The molecule has 0 radical (unpaired) electrons. The number of hydrogen-bond donors (Lipinski definition) is 0. The lowest BCUT2D eigenvalue weighted by Gasteiger charge is -2.43. The normalized spacial score (nSPS) is 21.7. The lowest BCUT2D eigenvalue weighted by Crippen LogP contribution is -2.67. The minimum atomic E-state index is -2.67. The lowest BCUT2D eigenvalue weighted by molar-refractivity contribution is -0.128. The summed E-state index contributed by atoms with van der Waals surface area (Å²) in [5.74, 6) is 0.314. The molecule has 0 saturated carbocycles. The van der Waals surface area contributed by atoms with E-state index in [1.807, 2.05) is 12.1 Å². The second kappa shape index (κ2) is 8.24. The smallest absolute Gasteiger partial charge is 0.327 e. The zero-order valence-electron chi connectivity index (χ0n) is 18.9. The van der Waals surface area contributed by atoms with Crippen molar-refractivity contribution in [2.75, 3.05) is 19.7 Å². The molecule has 0 spiro atoms. The van der Waals surface area contributed by atoms with E-state index in [2.05, 4.69) is 76.2 Å². The average molecular weight is 437 g/mol. The van der Waals surface area contributed by atoms with Gasteiger partial charge in [0.1, 0.15) is 6.04 Å². The topological polar surface area (TPSA) is 49.9 Å². The zero-order valence-corrected chi connectivity index (χ0v) is 19.9. The van der Waals surface area contributed by atoms with Crippen molar-refractivity contribution in [1.29, 1.82) is 0 Å². The Bertz CT molecular complexity index is 879. The van der Waals surface area contributed by atoms with Gasteiger partial charge in [0.05, 0.1) is 13.2 Å². The molecule has 4 rings (SSSR count). The molecule has 2 fully saturated rings. The first-order valence-electron chi connectivity index (χ1n) is 11.1. The van der Waals surface area contributed by atoms with Crippen LogP contribution < -0.4 is 10.4 Å². The summed E-state index contributed by atoms with van der Waals surface area (Å²) in [6.45, 7) is 10.1. The fraction of sp³-hybridized carbons (Fsp3) is 0.440. The van der Waals surface area contributed by atoms with Gasteiger partial charge >= 0.3 is 6.03 Å². The molecule has 164 valence electrons. The van der Waals surface area contributed by atoms with Gasteiger partial charge in [-0.2, -0.15) is 0 Å². The number of benzene rings is 2. The first-order valence-corrected chi connectivity index (χ1v) is 13.0. The van der Waals surface area contributed by atoms with Crippen molar-refractivity contribution >= 4 is 30.6 Å². The van der Waals surface area contributed by atoms with Crippen molar-refractivity contribution in [3.05, 3.63) is 60.7 Å². The van der Waals surface area contributed by atoms with Crippen molar-refractivity contribution in [3.8, 4) is 0 Å². The summed E-state index contributed by atoms with van der Waals surface area (Å²) in [6, 6.07) is 20.4. The van der Waals surface area contributed by atoms with E-state index >= 15 is 0 Å². The minimum absolute atomic E-state index is 0.0691. The maximum Gasteiger partial charge on any atom is 0.327 e. The van der Waals surface area contributed by atoms with Crippen molar-refractivity contribution in [3.63, 3.8) is 0 Å². The van der Waals surface area contributed by atoms with Crippen LogP contribution in [0.25, 0.3) is 0 Å². The number of carbonyl (C=O) groups excluding carboxylic acids is 2. The van der Waals surface area contributed by atoms with Gasteiger partial charge in [-0.15, -0.1) is 0 Å². The number of imide groups is 1. The highest BCUT2D eigenvalue weighted by Crippen LogP contribution is 2.37. The Morgan fingerprint density at radius 3 is 2.00 bits per heavy atom. The van der Waals surface area contributed by atoms with E-state index < -0.39 is 8.32 Å². The summed E-state index contributed by atoms with van der Waals surface area (Å²) in [5.41, 5.74) is 0. The molecule has 2 aliphatic heterocycles. The fourth-order valence-corrected chi connectivity index (χ4v) is 9.73. The van der Waals surface area contributed by atoms with E-state index in [9.17, 15) is 9.59 Å². The van der Waals surface area contributed by atoms with Gasteiger partial charge in [0.25, 0.3) is 14.2 Å². The summed E-state index contributed by atoms with van der Waals surface area (Å²) < 4.78 is 6.84.